The van der Waals surface area contributed by atoms with Crippen LogP contribution in [0.5, 0.6) is 5.75 Å². The van der Waals surface area contributed by atoms with Crippen LogP contribution in [0.2, 0.25) is 0 Å². The number of pyridine rings is 1. The normalized spacial score (nSPS) is 15.9. The Morgan fingerprint density at radius 1 is 1.14 bits per heavy atom. The topological polar surface area (TPSA) is 102 Å². The van der Waals surface area contributed by atoms with Gasteiger partial charge >= 0.3 is 0 Å². The summed E-state index contributed by atoms with van der Waals surface area (Å²) in [6, 6.07) is 13.6. The van der Waals surface area contributed by atoms with Gasteiger partial charge in [-0.1, -0.05) is 23.4 Å². The minimum absolute atomic E-state index is 0.192. The van der Waals surface area contributed by atoms with Crippen LogP contribution in [0.3, 0.4) is 0 Å². The number of aromatic amines is 1. The zero-order valence-corrected chi connectivity index (χ0v) is 15.0. The molecular formula is C20H18N6O2. The van der Waals surface area contributed by atoms with Crippen molar-refractivity contribution >= 4 is 0 Å². The Morgan fingerprint density at radius 2 is 2.14 bits per heavy atom. The van der Waals surface area contributed by atoms with Crippen LogP contribution in [-0.2, 0) is 13.2 Å². The first-order valence-electron chi connectivity index (χ1n) is 9.06. The zero-order valence-electron chi connectivity index (χ0n) is 15.0. The third-order valence-electron chi connectivity index (χ3n) is 4.72. The summed E-state index contributed by atoms with van der Waals surface area (Å²) in [5.74, 6) is 1.79. The van der Waals surface area contributed by atoms with E-state index in [9.17, 15) is 0 Å². The van der Waals surface area contributed by atoms with Crippen molar-refractivity contribution in [1.82, 2.24) is 30.4 Å². The minimum atomic E-state index is 0.192. The Labute approximate surface area is 161 Å². The van der Waals surface area contributed by atoms with E-state index in [-0.39, 0.29) is 12.5 Å². The van der Waals surface area contributed by atoms with Crippen LogP contribution in [0.25, 0.3) is 11.5 Å². The second-order valence-electron chi connectivity index (χ2n) is 6.54. The molecule has 0 fully saturated rings. The predicted molar refractivity (Wildman–Crippen MR) is 100 cm³/mol. The number of nitrogens with zero attached hydrogens (tertiary/aromatic N) is 4. The highest BCUT2D eigenvalue weighted by atomic mass is 16.5. The Morgan fingerprint density at radius 3 is 3.07 bits per heavy atom. The van der Waals surface area contributed by atoms with Crippen molar-refractivity contribution in [2.24, 2.45) is 0 Å². The van der Waals surface area contributed by atoms with Gasteiger partial charge in [0.25, 0.3) is 5.89 Å². The van der Waals surface area contributed by atoms with Gasteiger partial charge in [0.15, 0.2) is 6.61 Å². The predicted octanol–water partition coefficient (Wildman–Crippen LogP) is 2.67. The Balaban J connectivity index is 1.30. The quantitative estimate of drug-likeness (QED) is 0.554. The second kappa shape index (κ2) is 7.24. The molecule has 1 unspecified atom stereocenters. The molecule has 0 aliphatic carbocycles. The Hall–Kier alpha value is -3.52. The lowest BCUT2D eigenvalue weighted by molar-refractivity contribution is 0.242. The van der Waals surface area contributed by atoms with Gasteiger partial charge in [0.2, 0.25) is 5.82 Å². The molecule has 3 aromatic heterocycles. The van der Waals surface area contributed by atoms with E-state index in [0.717, 1.165) is 35.8 Å². The van der Waals surface area contributed by atoms with Gasteiger partial charge in [-0.25, -0.2) is 4.98 Å². The van der Waals surface area contributed by atoms with Gasteiger partial charge in [-0.15, -0.1) is 0 Å². The van der Waals surface area contributed by atoms with Gasteiger partial charge in [-0.05, 0) is 29.8 Å². The van der Waals surface area contributed by atoms with Crippen molar-refractivity contribution in [2.45, 2.75) is 19.1 Å². The summed E-state index contributed by atoms with van der Waals surface area (Å²) < 4.78 is 11.2. The first-order chi connectivity index (χ1) is 13.9. The van der Waals surface area contributed by atoms with Crippen molar-refractivity contribution in [1.29, 1.82) is 0 Å². The highest BCUT2D eigenvalue weighted by molar-refractivity contribution is 5.47. The average molecular weight is 374 g/mol. The zero-order chi connectivity index (χ0) is 18.8. The van der Waals surface area contributed by atoms with Gasteiger partial charge in [-0.2, -0.15) is 4.98 Å². The van der Waals surface area contributed by atoms with E-state index in [2.05, 4.69) is 36.5 Å². The molecule has 1 aliphatic heterocycles. The SMILES string of the molecule is c1ccc(-c2noc(COc3cccc(C4CNCc5[nH]cnc54)c3)n2)nc1. The number of fused-ring (bicyclic) bond motifs is 1. The molecule has 1 aliphatic rings. The average Bonchev–Trinajstić information content (AvgIpc) is 3.42. The number of hydrogen-bond donors (Lipinski definition) is 2. The monoisotopic (exact) mass is 374 g/mol. The smallest absolute Gasteiger partial charge is 0.264 e. The van der Waals surface area contributed by atoms with E-state index < -0.39 is 0 Å². The van der Waals surface area contributed by atoms with Crippen LogP contribution in [0.15, 0.2) is 59.5 Å². The molecule has 0 amide bonds. The van der Waals surface area contributed by atoms with Gasteiger partial charge in [-0.3, -0.25) is 4.98 Å². The summed E-state index contributed by atoms with van der Waals surface area (Å²) in [7, 11) is 0. The second-order valence-corrected chi connectivity index (χ2v) is 6.54. The molecule has 4 heterocycles. The fourth-order valence-corrected chi connectivity index (χ4v) is 3.37. The molecule has 0 saturated heterocycles. The standard InChI is InChI=1S/C20H18N6O2/c1-2-7-22-16(6-1)20-25-18(28-26-20)11-27-14-5-3-4-13(8-14)15-9-21-10-17-19(15)24-12-23-17/h1-8,12,15,21H,9-11H2,(H,23,24). The molecular weight excluding hydrogens is 356 g/mol. The van der Waals surface area contributed by atoms with Crippen molar-refractivity contribution in [3.63, 3.8) is 0 Å². The lowest BCUT2D eigenvalue weighted by Gasteiger charge is -2.23. The van der Waals surface area contributed by atoms with Crippen molar-refractivity contribution < 1.29 is 9.26 Å². The molecule has 0 saturated carbocycles. The van der Waals surface area contributed by atoms with E-state index in [4.69, 9.17) is 9.26 Å². The molecule has 8 heteroatoms. The number of ether oxygens (including phenoxy) is 1. The fourth-order valence-electron chi connectivity index (χ4n) is 3.37. The van der Waals surface area contributed by atoms with Gasteiger partial charge in [0.1, 0.15) is 11.4 Å². The highest BCUT2D eigenvalue weighted by Crippen LogP contribution is 2.30. The van der Waals surface area contributed by atoms with Crippen LogP contribution in [0.1, 0.15) is 28.8 Å². The van der Waals surface area contributed by atoms with Crippen molar-refractivity contribution in [3.8, 4) is 17.3 Å². The summed E-state index contributed by atoms with van der Waals surface area (Å²) in [5, 5.41) is 7.38. The number of aromatic nitrogens is 5. The summed E-state index contributed by atoms with van der Waals surface area (Å²) in [4.78, 5) is 16.2. The molecule has 28 heavy (non-hydrogen) atoms. The third-order valence-corrected chi connectivity index (χ3v) is 4.72. The Bertz CT molecular complexity index is 1080. The number of imidazole rings is 1. The molecule has 140 valence electrons. The number of hydrogen-bond acceptors (Lipinski definition) is 7. The third kappa shape index (κ3) is 3.25. The molecule has 2 N–H and O–H groups in total. The van der Waals surface area contributed by atoms with Gasteiger partial charge < -0.3 is 19.6 Å². The molecule has 0 spiro atoms. The first kappa shape index (κ1) is 16.6. The lowest BCUT2D eigenvalue weighted by atomic mass is 9.92. The highest BCUT2D eigenvalue weighted by Gasteiger charge is 2.24. The molecule has 8 nitrogen and oxygen atoms in total. The molecule has 0 radical (unpaired) electrons. The van der Waals surface area contributed by atoms with E-state index >= 15 is 0 Å². The van der Waals surface area contributed by atoms with Crippen molar-refractivity contribution in [3.05, 3.63) is 77.8 Å². The first-order valence-corrected chi connectivity index (χ1v) is 9.06. The lowest BCUT2D eigenvalue weighted by Crippen LogP contribution is -2.28. The maximum Gasteiger partial charge on any atom is 0.264 e. The number of H-pyrrole nitrogens is 1. The van der Waals surface area contributed by atoms with E-state index in [1.54, 1.807) is 12.5 Å². The maximum absolute atomic E-state index is 5.88. The maximum atomic E-state index is 5.88. The summed E-state index contributed by atoms with van der Waals surface area (Å²) in [6.07, 6.45) is 3.44. The van der Waals surface area contributed by atoms with Crippen LogP contribution in [-0.4, -0.2) is 31.6 Å². The van der Waals surface area contributed by atoms with Gasteiger partial charge in [0.05, 0.1) is 17.7 Å². The van der Waals surface area contributed by atoms with E-state index in [0.29, 0.717) is 17.4 Å². The van der Waals surface area contributed by atoms with Crippen LogP contribution < -0.4 is 10.1 Å². The molecule has 4 aromatic rings. The van der Waals surface area contributed by atoms with Crippen LogP contribution in [0, 0.1) is 0 Å². The molecule has 1 atom stereocenters. The van der Waals surface area contributed by atoms with Gasteiger partial charge in [0, 0.05) is 25.2 Å². The number of nitrogens with one attached hydrogen (secondary N) is 2. The minimum Gasteiger partial charge on any atom is -0.484 e. The van der Waals surface area contributed by atoms with E-state index in [1.165, 1.54) is 0 Å². The molecule has 5 rings (SSSR count). The summed E-state index contributed by atoms with van der Waals surface area (Å²) >= 11 is 0. The van der Waals surface area contributed by atoms with Crippen LogP contribution >= 0.6 is 0 Å². The van der Waals surface area contributed by atoms with E-state index in [1.807, 2.05) is 36.4 Å². The molecule has 1 aromatic carbocycles. The fraction of sp³-hybridized carbons (Fsp3) is 0.200. The molecule has 0 bridgehead atoms. The van der Waals surface area contributed by atoms with Crippen LogP contribution in [0.4, 0.5) is 0 Å². The van der Waals surface area contributed by atoms with Crippen molar-refractivity contribution in [2.75, 3.05) is 6.54 Å². The number of benzene rings is 1. The Kier molecular flexibility index (Phi) is 4.30. The summed E-state index contributed by atoms with van der Waals surface area (Å²) in [5.41, 5.74) is 4.04. The number of rotatable bonds is 5. The largest absolute Gasteiger partial charge is 0.484 e. The summed E-state index contributed by atoms with van der Waals surface area (Å²) in [6.45, 7) is 1.86.